The molecule has 0 spiro atoms. The van der Waals surface area contributed by atoms with Crippen LogP contribution >= 0.6 is 11.6 Å². The van der Waals surface area contributed by atoms with Crippen LogP contribution in [0.2, 0.25) is 0 Å². The van der Waals surface area contributed by atoms with E-state index in [1.165, 1.54) is 12.1 Å². The van der Waals surface area contributed by atoms with E-state index in [0.717, 1.165) is 11.3 Å². The first kappa shape index (κ1) is 11.9. The SMILES string of the molecule is Cc1ccccc1Oc1ccc(F)cc1CCl. The monoisotopic (exact) mass is 250 g/mol. The van der Waals surface area contributed by atoms with Crippen molar-refractivity contribution in [3.8, 4) is 11.5 Å². The Balaban J connectivity index is 2.33. The van der Waals surface area contributed by atoms with Crippen molar-refractivity contribution < 1.29 is 9.13 Å². The predicted octanol–water partition coefficient (Wildman–Crippen LogP) is 4.67. The lowest BCUT2D eigenvalue weighted by Gasteiger charge is -2.11. The molecule has 0 atom stereocenters. The predicted molar refractivity (Wildman–Crippen MR) is 67.2 cm³/mol. The first-order valence-electron chi connectivity index (χ1n) is 5.28. The van der Waals surface area contributed by atoms with Crippen LogP contribution in [0.4, 0.5) is 4.39 Å². The smallest absolute Gasteiger partial charge is 0.132 e. The summed E-state index contributed by atoms with van der Waals surface area (Å²) in [4.78, 5) is 0. The lowest BCUT2D eigenvalue weighted by Crippen LogP contribution is -1.92. The van der Waals surface area contributed by atoms with Gasteiger partial charge in [0.15, 0.2) is 0 Å². The first-order valence-corrected chi connectivity index (χ1v) is 5.82. The van der Waals surface area contributed by atoms with Crippen molar-refractivity contribution in [2.75, 3.05) is 0 Å². The third-order valence-corrected chi connectivity index (χ3v) is 2.77. The Labute approximate surface area is 105 Å². The average Bonchev–Trinajstić information content (AvgIpc) is 2.34. The number of para-hydroxylation sites is 1. The summed E-state index contributed by atoms with van der Waals surface area (Å²) in [6.45, 7) is 1.96. The second kappa shape index (κ2) is 5.19. The van der Waals surface area contributed by atoms with Crippen LogP contribution in [0.5, 0.6) is 11.5 Å². The lowest BCUT2D eigenvalue weighted by atomic mass is 10.2. The van der Waals surface area contributed by atoms with Crippen LogP contribution in [0.3, 0.4) is 0 Å². The molecule has 3 heteroatoms. The van der Waals surface area contributed by atoms with E-state index in [2.05, 4.69) is 0 Å². The number of ether oxygens (including phenoxy) is 1. The van der Waals surface area contributed by atoms with Crippen molar-refractivity contribution in [3.63, 3.8) is 0 Å². The van der Waals surface area contributed by atoms with Crippen LogP contribution in [-0.2, 0) is 5.88 Å². The Hall–Kier alpha value is -1.54. The minimum absolute atomic E-state index is 0.221. The largest absolute Gasteiger partial charge is 0.457 e. The maximum absolute atomic E-state index is 13.0. The lowest BCUT2D eigenvalue weighted by molar-refractivity contribution is 0.472. The van der Waals surface area contributed by atoms with Gasteiger partial charge < -0.3 is 4.74 Å². The number of hydrogen-bond donors (Lipinski definition) is 0. The maximum atomic E-state index is 13.0. The summed E-state index contributed by atoms with van der Waals surface area (Å²) >= 11 is 5.76. The summed E-state index contributed by atoms with van der Waals surface area (Å²) in [6, 6.07) is 12.0. The molecule has 0 radical (unpaired) electrons. The molecular formula is C14H12ClFO. The number of hydrogen-bond acceptors (Lipinski definition) is 1. The highest BCUT2D eigenvalue weighted by Crippen LogP contribution is 2.29. The quantitative estimate of drug-likeness (QED) is 0.720. The molecule has 0 aliphatic carbocycles. The molecule has 0 amide bonds. The highest BCUT2D eigenvalue weighted by molar-refractivity contribution is 6.17. The van der Waals surface area contributed by atoms with E-state index in [1.54, 1.807) is 6.07 Å². The van der Waals surface area contributed by atoms with E-state index in [1.807, 2.05) is 31.2 Å². The van der Waals surface area contributed by atoms with Gasteiger partial charge in [0.25, 0.3) is 0 Å². The minimum Gasteiger partial charge on any atom is -0.457 e. The number of halogens is 2. The molecule has 17 heavy (non-hydrogen) atoms. The molecule has 1 nitrogen and oxygen atoms in total. The second-order valence-corrected chi connectivity index (χ2v) is 4.02. The molecule has 2 aromatic rings. The summed E-state index contributed by atoms with van der Waals surface area (Å²) < 4.78 is 18.8. The Morgan fingerprint density at radius 1 is 1.12 bits per heavy atom. The Morgan fingerprint density at radius 2 is 1.88 bits per heavy atom. The van der Waals surface area contributed by atoms with Gasteiger partial charge in [0.1, 0.15) is 17.3 Å². The fraction of sp³-hybridized carbons (Fsp3) is 0.143. The number of aryl methyl sites for hydroxylation is 1. The summed E-state index contributed by atoms with van der Waals surface area (Å²) in [6.07, 6.45) is 0. The fourth-order valence-electron chi connectivity index (χ4n) is 1.54. The normalized spacial score (nSPS) is 10.3. The number of benzene rings is 2. The molecule has 0 fully saturated rings. The van der Waals surface area contributed by atoms with E-state index in [4.69, 9.17) is 16.3 Å². The molecule has 0 unspecified atom stereocenters. The van der Waals surface area contributed by atoms with E-state index < -0.39 is 0 Å². The number of rotatable bonds is 3. The van der Waals surface area contributed by atoms with Crippen LogP contribution in [0, 0.1) is 12.7 Å². The molecule has 0 aliphatic rings. The Kier molecular flexibility index (Phi) is 3.64. The third kappa shape index (κ3) is 2.77. The van der Waals surface area contributed by atoms with Crippen LogP contribution in [0.25, 0.3) is 0 Å². The minimum atomic E-state index is -0.308. The average molecular weight is 251 g/mol. The zero-order chi connectivity index (χ0) is 12.3. The third-order valence-electron chi connectivity index (χ3n) is 2.48. The molecule has 0 bridgehead atoms. The van der Waals surface area contributed by atoms with Crippen molar-refractivity contribution in [3.05, 3.63) is 59.4 Å². The molecule has 0 heterocycles. The van der Waals surface area contributed by atoms with Crippen molar-refractivity contribution >= 4 is 11.6 Å². The maximum Gasteiger partial charge on any atom is 0.132 e. The van der Waals surface area contributed by atoms with Gasteiger partial charge in [-0.05, 0) is 36.8 Å². The van der Waals surface area contributed by atoms with Crippen LogP contribution < -0.4 is 4.74 Å². The van der Waals surface area contributed by atoms with Crippen molar-refractivity contribution in [1.29, 1.82) is 0 Å². The zero-order valence-corrected chi connectivity index (χ0v) is 10.2. The first-order chi connectivity index (χ1) is 8.20. The molecule has 0 saturated heterocycles. The highest BCUT2D eigenvalue weighted by atomic mass is 35.5. The van der Waals surface area contributed by atoms with Crippen LogP contribution in [-0.4, -0.2) is 0 Å². The summed E-state index contributed by atoms with van der Waals surface area (Å²) in [5.74, 6) is 1.26. The van der Waals surface area contributed by atoms with Gasteiger partial charge in [0.05, 0.1) is 5.88 Å². The van der Waals surface area contributed by atoms with Gasteiger partial charge in [-0.15, -0.1) is 11.6 Å². The number of alkyl halides is 1. The molecule has 0 N–H and O–H groups in total. The fourth-order valence-corrected chi connectivity index (χ4v) is 1.75. The van der Waals surface area contributed by atoms with Crippen molar-refractivity contribution in [2.24, 2.45) is 0 Å². The highest BCUT2D eigenvalue weighted by Gasteiger charge is 2.07. The zero-order valence-electron chi connectivity index (χ0n) is 9.41. The van der Waals surface area contributed by atoms with E-state index in [0.29, 0.717) is 11.3 Å². The van der Waals surface area contributed by atoms with Crippen LogP contribution in [0.1, 0.15) is 11.1 Å². The Morgan fingerprint density at radius 3 is 2.59 bits per heavy atom. The summed E-state index contributed by atoms with van der Waals surface area (Å²) in [7, 11) is 0. The van der Waals surface area contributed by atoms with Crippen LogP contribution in [0.15, 0.2) is 42.5 Å². The van der Waals surface area contributed by atoms with Gasteiger partial charge in [0.2, 0.25) is 0 Å². The topological polar surface area (TPSA) is 9.23 Å². The van der Waals surface area contributed by atoms with Crippen molar-refractivity contribution in [1.82, 2.24) is 0 Å². The van der Waals surface area contributed by atoms with Gasteiger partial charge in [-0.3, -0.25) is 0 Å². The molecule has 2 aromatic carbocycles. The summed E-state index contributed by atoms with van der Waals surface area (Å²) in [5.41, 5.74) is 1.67. The van der Waals surface area contributed by atoms with Gasteiger partial charge in [0, 0.05) is 5.56 Å². The van der Waals surface area contributed by atoms with Gasteiger partial charge >= 0.3 is 0 Å². The van der Waals surface area contributed by atoms with Gasteiger partial charge in [-0.1, -0.05) is 18.2 Å². The molecule has 2 rings (SSSR count). The molecule has 0 aliphatic heterocycles. The van der Waals surface area contributed by atoms with E-state index in [-0.39, 0.29) is 11.7 Å². The Bertz CT molecular complexity index is 525. The second-order valence-electron chi connectivity index (χ2n) is 3.75. The van der Waals surface area contributed by atoms with E-state index in [9.17, 15) is 4.39 Å². The standard InChI is InChI=1S/C14H12ClFO/c1-10-4-2-3-5-13(10)17-14-7-6-12(16)8-11(14)9-15/h2-8H,9H2,1H3. The van der Waals surface area contributed by atoms with E-state index >= 15 is 0 Å². The van der Waals surface area contributed by atoms with Crippen molar-refractivity contribution in [2.45, 2.75) is 12.8 Å². The molecule has 0 saturated carbocycles. The van der Waals surface area contributed by atoms with Gasteiger partial charge in [-0.25, -0.2) is 4.39 Å². The molecule has 0 aromatic heterocycles. The molecular weight excluding hydrogens is 239 g/mol. The van der Waals surface area contributed by atoms with Gasteiger partial charge in [-0.2, -0.15) is 0 Å². The summed E-state index contributed by atoms with van der Waals surface area (Å²) in [5, 5.41) is 0. The molecule has 88 valence electrons.